The van der Waals surface area contributed by atoms with Crippen LogP contribution >= 0.6 is 11.8 Å². The van der Waals surface area contributed by atoms with Crippen LogP contribution in [0.5, 0.6) is 5.75 Å². The third-order valence-electron chi connectivity index (χ3n) is 4.98. The molecule has 1 heterocycles. The van der Waals surface area contributed by atoms with E-state index >= 15 is 0 Å². The lowest BCUT2D eigenvalue weighted by molar-refractivity contribution is -0.115. The van der Waals surface area contributed by atoms with Crippen LogP contribution in [-0.4, -0.2) is 27.4 Å². The SMILES string of the molecule is CCOc1ccccc1NC(=O)[C@@H](Sc1nnc(-c2ccc(C)cc2)n1N)c1ccccc1. The molecule has 0 bridgehead atoms. The molecule has 0 aliphatic heterocycles. The lowest BCUT2D eigenvalue weighted by atomic mass is 10.1. The summed E-state index contributed by atoms with van der Waals surface area (Å²) in [5.41, 5.74) is 3.44. The van der Waals surface area contributed by atoms with Crippen LogP contribution < -0.4 is 15.9 Å². The number of hydrogen-bond donors (Lipinski definition) is 2. The third kappa shape index (κ3) is 5.18. The van der Waals surface area contributed by atoms with Crippen molar-refractivity contribution >= 4 is 23.4 Å². The average molecular weight is 460 g/mol. The molecule has 168 valence electrons. The highest BCUT2D eigenvalue weighted by atomic mass is 32.2. The molecule has 0 saturated carbocycles. The molecule has 0 aliphatic rings. The number of nitrogens with two attached hydrogens (primary N) is 1. The normalized spacial score (nSPS) is 11.7. The quantitative estimate of drug-likeness (QED) is 0.289. The van der Waals surface area contributed by atoms with Gasteiger partial charge in [-0.1, -0.05) is 84.1 Å². The molecule has 0 fully saturated rings. The molecule has 4 rings (SSSR count). The molecule has 33 heavy (non-hydrogen) atoms. The number of nitrogen functional groups attached to an aromatic ring is 1. The van der Waals surface area contributed by atoms with Gasteiger partial charge in [-0.3, -0.25) is 4.79 Å². The fourth-order valence-corrected chi connectivity index (χ4v) is 4.27. The molecule has 1 amide bonds. The van der Waals surface area contributed by atoms with E-state index in [1.807, 2.05) is 92.7 Å². The zero-order valence-electron chi connectivity index (χ0n) is 18.4. The molecule has 8 heteroatoms. The van der Waals surface area contributed by atoms with Gasteiger partial charge in [-0.2, -0.15) is 0 Å². The van der Waals surface area contributed by atoms with Gasteiger partial charge in [0.2, 0.25) is 11.1 Å². The third-order valence-corrected chi connectivity index (χ3v) is 6.19. The fourth-order valence-electron chi connectivity index (χ4n) is 3.31. The Balaban J connectivity index is 1.63. The summed E-state index contributed by atoms with van der Waals surface area (Å²) in [6, 6.07) is 24.8. The summed E-state index contributed by atoms with van der Waals surface area (Å²) in [6.45, 7) is 4.42. The molecular weight excluding hydrogens is 434 g/mol. The van der Waals surface area contributed by atoms with Crippen LogP contribution in [0.2, 0.25) is 0 Å². The molecule has 0 unspecified atom stereocenters. The van der Waals surface area contributed by atoms with Crippen molar-refractivity contribution in [1.82, 2.24) is 14.9 Å². The first-order valence-electron chi connectivity index (χ1n) is 10.6. The van der Waals surface area contributed by atoms with E-state index in [1.165, 1.54) is 16.4 Å². The van der Waals surface area contributed by atoms with Crippen LogP contribution in [0.3, 0.4) is 0 Å². The second-order valence-electron chi connectivity index (χ2n) is 7.37. The number of hydrogen-bond acceptors (Lipinski definition) is 6. The highest BCUT2D eigenvalue weighted by Gasteiger charge is 2.26. The van der Waals surface area contributed by atoms with E-state index in [0.717, 1.165) is 16.7 Å². The van der Waals surface area contributed by atoms with Gasteiger partial charge in [0.25, 0.3) is 0 Å². The molecule has 0 saturated heterocycles. The van der Waals surface area contributed by atoms with Crippen molar-refractivity contribution in [2.24, 2.45) is 0 Å². The van der Waals surface area contributed by atoms with Crippen LogP contribution in [0.1, 0.15) is 23.3 Å². The zero-order chi connectivity index (χ0) is 23.2. The van der Waals surface area contributed by atoms with Crippen molar-refractivity contribution in [1.29, 1.82) is 0 Å². The second kappa shape index (κ2) is 10.2. The summed E-state index contributed by atoms with van der Waals surface area (Å²) >= 11 is 1.25. The Bertz CT molecular complexity index is 1230. The maximum atomic E-state index is 13.4. The Morgan fingerprint density at radius 3 is 2.45 bits per heavy atom. The smallest absolute Gasteiger partial charge is 0.242 e. The van der Waals surface area contributed by atoms with E-state index in [-0.39, 0.29) is 5.91 Å². The van der Waals surface area contributed by atoms with Gasteiger partial charge in [-0.15, -0.1) is 10.2 Å². The van der Waals surface area contributed by atoms with E-state index in [0.29, 0.717) is 29.0 Å². The largest absolute Gasteiger partial charge is 0.492 e. The van der Waals surface area contributed by atoms with Crippen molar-refractivity contribution in [3.8, 4) is 17.1 Å². The number of carbonyl (C=O) groups is 1. The molecule has 3 aromatic carbocycles. The van der Waals surface area contributed by atoms with Gasteiger partial charge >= 0.3 is 0 Å². The van der Waals surface area contributed by atoms with Crippen molar-refractivity contribution in [3.63, 3.8) is 0 Å². The molecule has 1 aromatic heterocycles. The topological polar surface area (TPSA) is 95.1 Å². The molecule has 0 spiro atoms. The standard InChI is InChI=1S/C25H25N5O2S/c1-3-32-21-12-8-7-11-20(21)27-24(31)22(18-9-5-4-6-10-18)33-25-29-28-23(30(25)26)19-15-13-17(2)14-16-19/h4-16,22H,3,26H2,1-2H3,(H,27,31)/t22-/m0/s1. The van der Waals surface area contributed by atoms with E-state index < -0.39 is 5.25 Å². The average Bonchev–Trinajstić information content (AvgIpc) is 3.20. The van der Waals surface area contributed by atoms with Gasteiger partial charge in [-0.05, 0) is 31.5 Å². The van der Waals surface area contributed by atoms with Crippen molar-refractivity contribution in [2.45, 2.75) is 24.3 Å². The maximum absolute atomic E-state index is 13.4. The predicted octanol–water partition coefficient (Wildman–Crippen LogP) is 4.84. The van der Waals surface area contributed by atoms with Crippen molar-refractivity contribution < 1.29 is 9.53 Å². The van der Waals surface area contributed by atoms with Crippen molar-refractivity contribution in [3.05, 3.63) is 90.0 Å². The van der Waals surface area contributed by atoms with E-state index in [4.69, 9.17) is 10.6 Å². The summed E-state index contributed by atoms with van der Waals surface area (Å²) in [5, 5.41) is 11.4. The monoisotopic (exact) mass is 459 g/mol. The Kier molecular flexibility index (Phi) is 6.95. The molecule has 7 nitrogen and oxygen atoms in total. The number of anilines is 1. The Hall–Kier alpha value is -3.78. The van der Waals surface area contributed by atoms with Gasteiger partial charge in [0, 0.05) is 5.56 Å². The Morgan fingerprint density at radius 1 is 1.03 bits per heavy atom. The lowest BCUT2D eigenvalue weighted by Gasteiger charge is -2.18. The van der Waals surface area contributed by atoms with Crippen LogP contribution in [0, 0.1) is 6.92 Å². The molecular formula is C25H25N5O2S. The Morgan fingerprint density at radius 2 is 1.73 bits per heavy atom. The van der Waals surface area contributed by atoms with Crippen LogP contribution in [0.15, 0.2) is 84.0 Å². The number of ether oxygens (including phenoxy) is 1. The minimum absolute atomic E-state index is 0.210. The van der Waals surface area contributed by atoms with Gasteiger partial charge in [-0.25, -0.2) is 4.68 Å². The number of rotatable bonds is 8. The summed E-state index contributed by atoms with van der Waals surface area (Å²) in [4.78, 5) is 13.4. The van der Waals surface area contributed by atoms with Crippen LogP contribution in [-0.2, 0) is 4.79 Å². The summed E-state index contributed by atoms with van der Waals surface area (Å²) in [5.74, 6) is 7.28. The highest BCUT2D eigenvalue weighted by Crippen LogP contribution is 2.37. The molecule has 0 radical (unpaired) electrons. The molecule has 4 aromatic rings. The predicted molar refractivity (Wildman–Crippen MR) is 132 cm³/mol. The van der Waals surface area contributed by atoms with Gasteiger partial charge < -0.3 is 15.9 Å². The minimum atomic E-state index is -0.599. The second-order valence-corrected chi connectivity index (χ2v) is 8.44. The zero-order valence-corrected chi connectivity index (χ0v) is 19.3. The summed E-state index contributed by atoms with van der Waals surface area (Å²) in [7, 11) is 0. The number of nitrogens with one attached hydrogen (secondary N) is 1. The van der Waals surface area contributed by atoms with Crippen LogP contribution in [0.4, 0.5) is 5.69 Å². The first-order valence-corrected chi connectivity index (χ1v) is 11.5. The van der Waals surface area contributed by atoms with Crippen LogP contribution in [0.25, 0.3) is 11.4 Å². The number of aryl methyl sites for hydroxylation is 1. The fraction of sp³-hybridized carbons (Fsp3) is 0.160. The first kappa shape index (κ1) is 22.4. The number of benzene rings is 3. The first-order chi connectivity index (χ1) is 16.1. The maximum Gasteiger partial charge on any atom is 0.242 e. The Labute approximate surface area is 197 Å². The number of aromatic nitrogens is 3. The lowest BCUT2D eigenvalue weighted by Crippen LogP contribution is -2.21. The van der Waals surface area contributed by atoms with E-state index in [9.17, 15) is 4.79 Å². The molecule has 1 atom stereocenters. The molecule has 3 N–H and O–H groups in total. The molecule has 0 aliphatic carbocycles. The number of carbonyl (C=O) groups excluding carboxylic acids is 1. The van der Waals surface area contributed by atoms with Gasteiger partial charge in [0.15, 0.2) is 5.82 Å². The highest BCUT2D eigenvalue weighted by molar-refractivity contribution is 8.00. The summed E-state index contributed by atoms with van der Waals surface area (Å²) in [6.07, 6.45) is 0. The van der Waals surface area contributed by atoms with E-state index in [1.54, 1.807) is 0 Å². The number of amides is 1. The van der Waals surface area contributed by atoms with Gasteiger partial charge in [0.05, 0.1) is 12.3 Å². The minimum Gasteiger partial charge on any atom is -0.492 e. The number of nitrogens with zero attached hydrogens (tertiary/aromatic N) is 3. The number of para-hydroxylation sites is 2. The van der Waals surface area contributed by atoms with E-state index in [2.05, 4.69) is 15.5 Å². The van der Waals surface area contributed by atoms with Gasteiger partial charge in [0.1, 0.15) is 11.0 Å². The van der Waals surface area contributed by atoms with Crippen molar-refractivity contribution in [2.75, 3.05) is 17.8 Å². The number of thioether (sulfide) groups is 1. The summed E-state index contributed by atoms with van der Waals surface area (Å²) < 4.78 is 7.08.